The fourth-order valence-corrected chi connectivity index (χ4v) is 2.52. The number of Topliss-reactive ketones (excluding diaryl/α,β-unsaturated/α-hetero) is 1. The lowest BCUT2D eigenvalue weighted by atomic mass is 9.86. The second-order valence-corrected chi connectivity index (χ2v) is 4.97. The molecular formula is C17H16O3. The number of carbonyl (C=O) groups is 1. The molecule has 0 amide bonds. The van der Waals surface area contributed by atoms with Gasteiger partial charge in [0.15, 0.2) is 5.78 Å². The van der Waals surface area contributed by atoms with E-state index in [9.17, 15) is 4.79 Å². The monoisotopic (exact) mass is 268 g/mol. The van der Waals surface area contributed by atoms with Crippen LogP contribution in [0.1, 0.15) is 33.9 Å². The van der Waals surface area contributed by atoms with Crippen LogP contribution < -0.4 is 4.74 Å². The van der Waals surface area contributed by atoms with Crippen LogP contribution in [0.2, 0.25) is 0 Å². The Morgan fingerprint density at radius 3 is 2.75 bits per heavy atom. The van der Waals surface area contributed by atoms with Crippen molar-refractivity contribution in [2.45, 2.75) is 19.8 Å². The van der Waals surface area contributed by atoms with Crippen LogP contribution in [0.3, 0.4) is 0 Å². The molecular weight excluding hydrogens is 252 g/mol. The summed E-state index contributed by atoms with van der Waals surface area (Å²) in [5.41, 5.74) is 2.63. The highest BCUT2D eigenvalue weighted by Crippen LogP contribution is 2.29. The van der Waals surface area contributed by atoms with E-state index in [0.29, 0.717) is 0 Å². The Morgan fingerprint density at radius 1 is 1.20 bits per heavy atom. The first-order valence-corrected chi connectivity index (χ1v) is 6.66. The fourth-order valence-electron chi connectivity index (χ4n) is 2.52. The normalized spacial score (nSPS) is 16.3. The molecule has 0 N–H and O–H groups in total. The minimum atomic E-state index is 0.0861. The predicted molar refractivity (Wildman–Crippen MR) is 77.1 cm³/mol. The minimum absolute atomic E-state index is 0.0861. The number of ketones is 1. The zero-order valence-corrected chi connectivity index (χ0v) is 11.6. The Bertz CT molecular complexity index is 692. The third-order valence-corrected chi connectivity index (χ3v) is 3.59. The van der Waals surface area contributed by atoms with Crippen LogP contribution in [0.5, 0.6) is 5.75 Å². The van der Waals surface area contributed by atoms with Crippen molar-refractivity contribution in [2.75, 3.05) is 7.11 Å². The number of aryl methyl sites for hydroxylation is 2. The number of hydrogen-bond donors (Lipinski definition) is 0. The largest absolute Gasteiger partial charge is 0.497 e. The van der Waals surface area contributed by atoms with Gasteiger partial charge < -0.3 is 9.15 Å². The van der Waals surface area contributed by atoms with Crippen molar-refractivity contribution in [2.24, 2.45) is 0 Å². The highest BCUT2D eigenvalue weighted by molar-refractivity contribution is 6.13. The zero-order valence-electron chi connectivity index (χ0n) is 11.6. The van der Waals surface area contributed by atoms with E-state index in [0.717, 1.165) is 46.8 Å². The van der Waals surface area contributed by atoms with Crippen molar-refractivity contribution in [3.63, 3.8) is 0 Å². The Hall–Kier alpha value is -2.29. The molecule has 0 saturated carbocycles. The van der Waals surface area contributed by atoms with Crippen LogP contribution in [0.4, 0.5) is 0 Å². The second kappa shape index (κ2) is 5.00. The third-order valence-electron chi connectivity index (χ3n) is 3.59. The zero-order chi connectivity index (χ0) is 14.1. The van der Waals surface area contributed by atoms with Crippen LogP contribution >= 0.6 is 0 Å². The van der Waals surface area contributed by atoms with Gasteiger partial charge >= 0.3 is 0 Å². The lowest BCUT2D eigenvalue weighted by molar-refractivity contribution is 0.102. The third kappa shape index (κ3) is 2.27. The van der Waals surface area contributed by atoms with Crippen LogP contribution in [-0.4, -0.2) is 12.9 Å². The van der Waals surface area contributed by atoms with Crippen molar-refractivity contribution in [1.29, 1.82) is 0 Å². The number of rotatable bonds is 2. The topological polar surface area (TPSA) is 39.4 Å². The smallest absolute Gasteiger partial charge is 0.189 e. The SMILES string of the molecule is COc1ccc2c(c1)CCC(=Cc1ccc(C)o1)C2=O. The molecule has 2 aromatic rings. The van der Waals surface area contributed by atoms with Gasteiger partial charge in [0.2, 0.25) is 0 Å². The number of ether oxygens (including phenoxy) is 1. The summed E-state index contributed by atoms with van der Waals surface area (Å²) in [6.07, 6.45) is 3.44. The molecule has 0 fully saturated rings. The van der Waals surface area contributed by atoms with Crippen LogP contribution in [0, 0.1) is 6.92 Å². The summed E-state index contributed by atoms with van der Waals surface area (Å²) in [5.74, 6) is 2.47. The molecule has 0 atom stereocenters. The van der Waals surface area contributed by atoms with E-state index in [2.05, 4.69) is 0 Å². The van der Waals surface area contributed by atoms with Crippen LogP contribution in [0.25, 0.3) is 6.08 Å². The first-order chi connectivity index (χ1) is 9.67. The highest BCUT2D eigenvalue weighted by atomic mass is 16.5. The molecule has 0 saturated heterocycles. The molecule has 1 aromatic heterocycles. The Balaban J connectivity index is 1.95. The molecule has 0 aliphatic heterocycles. The van der Waals surface area contributed by atoms with Crippen molar-refractivity contribution < 1.29 is 13.9 Å². The highest BCUT2D eigenvalue weighted by Gasteiger charge is 2.22. The second-order valence-electron chi connectivity index (χ2n) is 4.97. The van der Waals surface area contributed by atoms with Crippen molar-refractivity contribution in [1.82, 2.24) is 0 Å². The maximum absolute atomic E-state index is 12.5. The summed E-state index contributed by atoms with van der Waals surface area (Å²) in [6.45, 7) is 1.90. The van der Waals surface area contributed by atoms with E-state index < -0.39 is 0 Å². The average molecular weight is 268 g/mol. The van der Waals surface area contributed by atoms with Gasteiger partial charge in [0, 0.05) is 11.1 Å². The number of methoxy groups -OCH3 is 1. The summed E-state index contributed by atoms with van der Waals surface area (Å²) in [6, 6.07) is 9.41. The number of benzene rings is 1. The maximum Gasteiger partial charge on any atom is 0.189 e. The summed E-state index contributed by atoms with van der Waals surface area (Å²) >= 11 is 0. The Labute approximate surface area is 117 Å². The van der Waals surface area contributed by atoms with Gasteiger partial charge in [-0.25, -0.2) is 0 Å². The molecule has 3 heteroatoms. The lowest BCUT2D eigenvalue weighted by Crippen LogP contribution is -2.14. The number of allylic oxidation sites excluding steroid dienone is 1. The van der Waals surface area contributed by atoms with E-state index in [1.54, 1.807) is 7.11 Å². The van der Waals surface area contributed by atoms with Crippen molar-refractivity contribution in [3.8, 4) is 5.75 Å². The summed E-state index contributed by atoms with van der Waals surface area (Å²) in [5, 5.41) is 0. The van der Waals surface area contributed by atoms with Crippen LogP contribution in [-0.2, 0) is 6.42 Å². The average Bonchev–Trinajstić information content (AvgIpc) is 2.87. The first kappa shape index (κ1) is 12.7. The molecule has 1 aliphatic rings. The van der Waals surface area contributed by atoms with Gasteiger partial charge in [0.1, 0.15) is 17.3 Å². The van der Waals surface area contributed by atoms with Gasteiger partial charge in [-0.05, 0) is 61.7 Å². The van der Waals surface area contributed by atoms with Gasteiger partial charge in [-0.2, -0.15) is 0 Å². The molecule has 3 nitrogen and oxygen atoms in total. The van der Waals surface area contributed by atoms with Crippen LogP contribution in [0.15, 0.2) is 40.3 Å². The molecule has 0 spiro atoms. The molecule has 102 valence electrons. The molecule has 0 bridgehead atoms. The molecule has 1 heterocycles. The molecule has 20 heavy (non-hydrogen) atoms. The number of fused-ring (bicyclic) bond motifs is 1. The summed E-state index contributed by atoms with van der Waals surface area (Å²) < 4.78 is 10.7. The molecule has 1 aliphatic carbocycles. The molecule has 0 radical (unpaired) electrons. The number of hydrogen-bond acceptors (Lipinski definition) is 3. The number of furan rings is 1. The predicted octanol–water partition coefficient (Wildman–Crippen LogP) is 3.81. The number of carbonyl (C=O) groups excluding carboxylic acids is 1. The Morgan fingerprint density at radius 2 is 2.05 bits per heavy atom. The first-order valence-electron chi connectivity index (χ1n) is 6.66. The van der Waals surface area contributed by atoms with E-state index in [-0.39, 0.29) is 5.78 Å². The fraction of sp³-hybridized carbons (Fsp3) is 0.235. The Kier molecular flexibility index (Phi) is 3.18. The lowest BCUT2D eigenvalue weighted by Gasteiger charge is -2.17. The quantitative estimate of drug-likeness (QED) is 0.777. The molecule has 3 rings (SSSR count). The van der Waals surface area contributed by atoms with Gasteiger partial charge in [-0.1, -0.05) is 0 Å². The van der Waals surface area contributed by atoms with Gasteiger partial charge in [0.05, 0.1) is 7.11 Å². The standard InChI is InChI=1S/C17H16O3/c1-11-3-6-15(20-11)10-13-5-4-12-9-14(19-2)7-8-16(12)17(13)18/h3,6-10H,4-5H2,1-2H3. The minimum Gasteiger partial charge on any atom is -0.497 e. The van der Waals surface area contributed by atoms with E-state index in [1.165, 1.54) is 0 Å². The van der Waals surface area contributed by atoms with Gasteiger partial charge in [-0.3, -0.25) is 4.79 Å². The molecule has 0 unspecified atom stereocenters. The van der Waals surface area contributed by atoms with Crippen molar-refractivity contribution >= 4 is 11.9 Å². The van der Waals surface area contributed by atoms with E-state index in [1.807, 2.05) is 43.3 Å². The summed E-state index contributed by atoms with van der Waals surface area (Å²) in [4.78, 5) is 12.5. The van der Waals surface area contributed by atoms with Crippen molar-refractivity contribution in [3.05, 3.63) is 58.6 Å². The maximum atomic E-state index is 12.5. The summed E-state index contributed by atoms with van der Waals surface area (Å²) in [7, 11) is 1.64. The van der Waals surface area contributed by atoms with Gasteiger partial charge in [-0.15, -0.1) is 0 Å². The van der Waals surface area contributed by atoms with Gasteiger partial charge in [0.25, 0.3) is 0 Å². The molecule has 1 aromatic carbocycles. The van der Waals surface area contributed by atoms with E-state index >= 15 is 0 Å². The van der Waals surface area contributed by atoms with E-state index in [4.69, 9.17) is 9.15 Å².